The summed E-state index contributed by atoms with van der Waals surface area (Å²) >= 11 is 1.51. The first-order chi connectivity index (χ1) is 14.3. The molecule has 0 fully saturated rings. The van der Waals surface area contributed by atoms with Gasteiger partial charge in [0.1, 0.15) is 12.4 Å². The summed E-state index contributed by atoms with van der Waals surface area (Å²) in [6, 6.07) is 15.4. The number of H-pyrrole nitrogens is 2. The van der Waals surface area contributed by atoms with Crippen molar-refractivity contribution in [2.45, 2.75) is 6.61 Å². The molecule has 0 saturated heterocycles. The van der Waals surface area contributed by atoms with Gasteiger partial charge in [0.05, 0.1) is 23.0 Å². The van der Waals surface area contributed by atoms with Gasteiger partial charge in [-0.3, -0.25) is 14.9 Å². The van der Waals surface area contributed by atoms with E-state index in [-0.39, 0.29) is 12.2 Å². The molecule has 1 aromatic carbocycles. The van der Waals surface area contributed by atoms with Gasteiger partial charge in [-0.1, -0.05) is 24.3 Å². The number of nitrogens with zero attached hydrogens (tertiary/aromatic N) is 2. The average Bonchev–Trinajstić information content (AvgIpc) is 3.46. The number of pyridine rings is 2. The normalized spacial score (nSPS) is 11.0. The third kappa shape index (κ3) is 3.21. The molecule has 2 N–H and O–H groups in total. The Kier molecular flexibility index (Phi) is 4.42. The molecule has 0 bridgehead atoms. The molecule has 0 atom stereocenters. The van der Waals surface area contributed by atoms with Crippen LogP contribution in [-0.2, 0) is 6.61 Å². The van der Waals surface area contributed by atoms with Gasteiger partial charge in [-0.25, -0.2) is 0 Å². The minimum Gasteiger partial charge on any atom is -0.486 e. The van der Waals surface area contributed by atoms with Crippen LogP contribution in [0.25, 0.3) is 32.5 Å². The van der Waals surface area contributed by atoms with Gasteiger partial charge in [-0.05, 0) is 29.6 Å². The molecule has 29 heavy (non-hydrogen) atoms. The quantitative estimate of drug-likeness (QED) is 0.451. The van der Waals surface area contributed by atoms with Gasteiger partial charge < -0.3 is 9.72 Å². The van der Waals surface area contributed by atoms with Crippen LogP contribution in [0.1, 0.15) is 5.69 Å². The number of para-hydroxylation sites is 1. The van der Waals surface area contributed by atoms with Gasteiger partial charge in [0.25, 0.3) is 5.56 Å². The Bertz CT molecular complexity index is 1310. The molecule has 5 rings (SSSR count). The molecule has 6 nitrogen and oxygen atoms in total. The molecule has 0 aliphatic heterocycles. The van der Waals surface area contributed by atoms with Crippen molar-refractivity contribution in [1.82, 2.24) is 20.2 Å². The molecule has 0 amide bonds. The second-order valence-electron chi connectivity index (χ2n) is 6.46. The standard InChI is InChI=1S/C22H16N4O2S/c27-22-19(18-8-4-10-29-18)21(28-13-15-5-1-2-9-23-15)17-7-3-6-16(20(17)26-22)14-11-24-25-12-14/h1-12H,13H2,(H,24,25)(H,26,27). The van der Waals surface area contributed by atoms with Crippen molar-refractivity contribution in [2.24, 2.45) is 0 Å². The van der Waals surface area contributed by atoms with E-state index in [4.69, 9.17) is 4.74 Å². The Labute approximate surface area is 169 Å². The zero-order valence-electron chi connectivity index (χ0n) is 15.3. The van der Waals surface area contributed by atoms with Crippen LogP contribution in [0, 0.1) is 0 Å². The molecule has 0 unspecified atom stereocenters. The first-order valence-electron chi connectivity index (χ1n) is 9.06. The number of nitrogens with one attached hydrogen (secondary N) is 2. The van der Waals surface area contributed by atoms with E-state index in [1.165, 1.54) is 11.3 Å². The van der Waals surface area contributed by atoms with Crippen molar-refractivity contribution >= 4 is 22.2 Å². The van der Waals surface area contributed by atoms with Crippen molar-refractivity contribution in [3.63, 3.8) is 0 Å². The van der Waals surface area contributed by atoms with Crippen LogP contribution in [0.2, 0.25) is 0 Å². The highest BCUT2D eigenvalue weighted by Gasteiger charge is 2.19. The van der Waals surface area contributed by atoms with Crippen LogP contribution in [0.3, 0.4) is 0 Å². The zero-order chi connectivity index (χ0) is 19.6. The fourth-order valence-electron chi connectivity index (χ4n) is 3.35. The molecule has 4 heterocycles. The van der Waals surface area contributed by atoms with Gasteiger partial charge in [0, 0.05) is 33.8 Å². The fraction of sp³-hybridized carbons (Fsp3) is 0.0455. The van der Waals surface area contributed by atoms with Crippen LogP contribution < -0.4 is 10.3 Å². The second-order valence-corrected chi connectivity index (χ2v) is 7.41. The summed E-state index contributed by atoms with van der Waals surface area (Å²) in [6.45, 7) is 0.272. The Morgan fingerprint density at radius 3 is 2.79 bits per heavy atom. The molecule has 4 aromatic heterocycles. The molecular formula is C22H16N4O2S. The number of benzene rings is 1. The van der Waals surface area contributed by atoms with Crippen LogP contribution in [0.15, 0.2) is 77.3 Å². The smallest absolute Gasteiger partial charge is 0.260 e. The lowest BCUT2D eigenvalue weighted by molar-refractivity contribution is 0.306. The summed E-state index contributed by atoms with van der Waals surface area (Å²) in [4.78, 5) is 21.4. The number of aromatic nitrogens is 4. The van der Waals surface area contributed by atoms with Gasteiger partial charge >= 0.3 is 0 Å². The van der Waals surface area contributed by atoms with Crippen LogP contribution in [0.4, 0.5) is 0 Å². The molecule has 0 aliphatic rings. The lowest BCUT2D eigenvalue weighted by Crippen LogP contribution is -2.12. The summed E-state index contributed by atoms with van der Waals surface area (Å²) in [7, 11) is 0. The predicted octanol–water partition coefficient (Wildman–Crippen LogP) is 4.62. The first-order valence-corrected chi connectivity index (χ1v) is 9.94. The largest absolute Gasteiger partial charge is 0.486 e. The Morgan fingerprint density at radius 2 is 2.03 bits per heavy atom. The van der Waals surface area contributed by atoms with Gasteiger partial charge in [0.2, 0.25) is 0 Å². The van der Waals surface area contributed by atoms with Crippen molar-refractivity contribution < 1.29 is 4.74 Å². The third-order valence-corrected chi connectivity index (χ3v) is 5.56. The highest BCUT2D eigenvalue weighted by atomic mass is 32.1. The monoisotopic (exact) mass is 400 g/mol. The Morgan fingerprint density at radius 1 is 1.07 bits per heavy atom. The number of hydrogen-bond donors (Lipinski definition) is 2. The summed E-state index contributed by atoms with van der Waals surface area (Å²) in [6.07, 6.45) is 5.26. The van der Waals surface area contributed by atoms with E-state index < -0.39 is 0 Å². The molecule has 0 aliphatic carbocycles. The number of aromatic amines is 2. The molecule has 0 radical (unpaired) electrons. The number of rotatable bonds is 5. The summed E-state index contributed by atoms with van der Waals surface area (Å²) in [5, 5.41) is 9.64. The summed E-state index contributed by atoms with van der Waals surface area (Å²) in [5.74, 6) is 0.558. The summed E-state index contributed by atoms with van der Waals surface area (Å²) < 4.78 is 6.21. The van der Waals surface area contributed by atoms with Gasteiger partial charge in [-0.2, -0.15) is 5.10 Å². The topological polar surface area (TPSA) is 83.7 Å². The maximum absolute atomic E-state index is 13.1. The van der Waals surface area contributed by atoms with Crippen molar-refractivity contribution in [2.75, 3.05) is 0 Å². The number of hydrogen-bond acceptors (Lipinski definition) is 5. The number of thiophene rings is 1. The van der Waals surface area contributed by atoms with Crippen LogP contribution >= 0.6 is 11.3 Å². The molecular weight excluding hydrogens is 384 g/mol. The molecule has 0 saturated carbocycles. The Balaban J connectivity index is 1.73. The molecule has 5 aromatic rings. The lowest BCUT2D eigenvalue weighted by atomic mass is 10.0. The fourth-order valence-corrected chi connectivity index (χ4v) is 4.12. The molecule has 0 spiro atoms. The minimum absolute atomic E-state index is 0.188. The van der Waals surface area contributed by atoms with Crippen LogP contribution in [-0.4, -0.2) is 20.2 Å². The van der Waals surface area contributed by atoms with Gasteiger partial charge in [0.15, 0.2) is 0 Å². The zero-order valence-corrected chi connectivity index (χ0v) is 16.1. The highest BCUT2D eigenvalue weighted by Crippen LogP contribution is 2.38. The van der Waals surface area contributed by atoms with Crippen molar-refractivity contribution in [1.29, 1.82) is 0 Å². The SMILES string of the molecule is O=c1[nH]c2c(-c3cn[nH]c3)cccc2c(OCc2ccccn2)c1-c1cccs1. The molecule has 7 heteroatoms. The Hall–Kier alpha value is -3.71. The van der Waals surface area contributed by atoms with E-state index in [1.807, 2.05) is 53.9 Å². The predicted molar refractivity (Wildman–Crippen MR) is 114 cm³/mol. The van der Waals surface area contributed by atoms with E-state index in [2.05, 4.69) is 20.2 Å². The van der Waals surface area contributed by atoms with Crippen LogP contribution in [0.5, 0.6) is 5.75 Å². The van der Waals surface area contributed by atoms with Gasteiger partial charge in [-0.15, -0.1) is 11.3 Å². The minimum atomic E-state index is -0.188. The van der Waals surface area contributed by atoms with Crippen molar-refractivity contribution in [3.8, 4) is 27.3 Å². The van der Waals surface area contributed by atoms with Crippen molar-refractivity contribution in [3.05, 3.63) is 88.5 Å². The second kappa shape index (κ2) is 7.37. The molecule has 142 valence electrons. The van der Waals surface area contributed by atoms with E-state index in [0.717, 1.165) is 32.6 Å². The maximum Gasteiger partial charge on any atom is 0.260 e. The summed E-state index contributed by atoms with van der Waals surface area (Å²) in [5.41, 5.74) is 3.64. The maximum atomic E-state index is 13.1. The first kappa shape index (κ1) is 17.4. The van der Waals surface area contributed by atoms with E-state index in [9.17, 15) is 4.79 Å². The highest BCUT2D eigenvalue weighted by molar-refractivity contribution is 7.13. The average molecular weight is 400 g/mol. The number of ether oxygens (including phenoxy) is 1. The third-order valence-electron chi connectivity index (χ3n) is 4.67. The lowest BCUT2D eigenvalue weighted by Gasteiger charge is -2.14. The van der Waals surface area contributed by atoms with E-state index in [1.54, 1.807) is 18.6 Å². The van der Waals surface area contributed by atoms with E-state index in [0.29, 0.717) is 11.3 Å². The number of fused-ring (bicyclic) bond motifs is 1. The van der Waals surface area contributed by atoms with E-state index >= 15 is 0 Å².